The lowest BCUT2D eigenvalue weighted by molar-refractivity contribution is 0.0698. The van der Waals surface area contributed by atoms with Crippen LogP contribution in [-0.4, -0.2) is 19.5 Å². The first-order valence-corrected chi connectivity index (χ1v) is 7.76. The van der Waals surface area contributed by atoms with E-state index in [1.807, 2.05) is 0 Å². The molecule has 0 unspecified atom stereocenters. The standard InChI is InChI=1S/C12H10FNO4S2/c1-7-4-8(13)6-9(5-7)14-20(17,18)10-2-3-19-11(10)12(15)16/h2-6,14H,1H3,(H,15,16). The van der Waals surface area contributed by atoms with Crippen molar-refractivity contribution in [3.05, 3.63) is 45.9 Å². The predicted octanol–water partition coefficient (Wildman–Crippen LogP) is 2.69. The van der Waals surface area contributed by atoms with Gasteiger partial charge in [0.25, 0.3) is 10.0 Å². The number of hydrogen-bond donors (Lipinski definition) is 2. The van der Waals surface area contributed by atoms with Crippen molar-refractivity contribution in [2.45, 2.75) is 11.8 Å². The highest BCUT2D eigenvalue weighted by molar-refractivity contribution is 7.93. The molecule has 0 saturated heterocycles. The van der Waals surface area contributed by atoms with Gasteiger partial charge in [-0.1, -0.05) is 0 Å². The topological polar surface area (TPSA) is 83.5 Å². The lowest BCUT2D eigenvalue weighted by atomic mass is 10.2. The minimum atomic E-state index is -4.07. The smallest absolute Gasteiger partial charge is 0.347 e. The Balaban J connectivity index is 2.41. The van der Waals surface area contributed by atoms with E-state index in [0.717, 1.165) is 17.4 Å². The number of anilines is 1. The van der Waals surface area contributed by atoms with E-state index in [9.17, 15) is 17.6 Å². The van der Waals surface area contributed by atoms with Gasteiger partial charge in [-0.15, -0.1) is 11.3 Å². The fourth-order valence-corrected chi connectivity index (χ4v) is 3.97. The molecule has 0 bridgehead atoms. The molecular weight excluding hydrogens is 305 g/mol. The second kappa shape index (κ2) is 5.22. The number of aromatic carboxylic acids is 1. The Labute approximate surface area is 118 Å². The van der Waals surface area contributed by atoms with E-state index in [4.69, 9.17) is 5.11 Å². The monoisotopic (exact) mass is 315 g/mol. The van der Waals surface area contributed by atoms with Crippen molar-refractivity contribution in [2.24, 2.45) is 0 Å². The molecule has 8 heteroatoms. The van der Waals surface area contributed by atoms with Crippen molar-refractivity contribution in [1.82, 2.24) is 0 Å². The zero-order valence-corrected chi connectivity index (χ0v) is 11.9. The van der Waals surface area contributed by atoms with Gasteiger partial charge >= 0.3 is 5.97 Å². The number of carboxylic acid groups (broad SMARTS) is 1. The Morgan fingerprint density at radius 1 is 1.35 bits per heavy atom. The lowest BCUT2D eigenvalue weighted by Crippen LogP contribution is -2.15. The molecule has 0 aliphatic carbocycles. The molecule has 2 aromatic rings. The SMILES string of the molecule is Cc1cc(F)cc(NS(=O)(=O)c2ccsc2C(=O)O)c1. The molecule has 0 aliphatic heterocycles. The summed E-state index contributed by atoms with van der Waals surface area (Å²) >= 11 is 0.809. The molecular formula is C12H10FNO4S2. The molecule has 20 heavy (non-hydrogen) atoms. The lowest BCUT2D eigenvalue weighted by Gasteiger charge is -2.08. The minimum absolute atomic E-state index is 0.0463. The van der Waals surface area contributed by atoms with E-state index in [1.54, 1.807) is 6.92 Å². The van der Waals surface area contributed by atoms with Gasteiger partial charge in [0.2, 0.25) is 0 Å². The molecule has 1 heterocycles. The Hall–Kier alpha value is -1.93. The van der Waals surface area contributed by atoms with Crippen LogP contribution < -0.4 is 4.72 Å². The van der Waals surface area contributed by atoms with Crippen LogP contribution in [0.1, 0.15) is 15.2 Å². The minimum Gasteiger partial charge on any atom is -0.477 e. The van der Waals surface area contributed by atoms with Crippen LogP contribution in [0.25, 0.3) is 0 Å². The molecule has 0 saturated carbocycles. The normalized spacial score (nSPS) is 11.3. The summed E-state index contributed by atoms with van der Waals surface area (Å²) < 4.78 is 39.6. The number of hydrogen-bond acceptors (Lipinski definition) is 4. The van der Waals surface area contributed by atoms with Crippen LogP contribution >= 0.6 is 11.3 Å². The number of aryl methyl sites for hydroxylation is 1. The van der Waals surface area contributed by atoms with E-state index in [-0.39, 0.29) is 15.5 Å². The first-order chi connectivity index (χ1) is 9.29. The first kappa shape index (κ1) is 14.5. The number of nitrogens with one attached hydrogen (secondary N) is 1. The number of carbonyl (C=O) groups is 1. The van der Waals surface area contributed by atoms with Gasteiger partial charge in [-0.2, -0.15) is 0 Å². The highest BCUT2D eigenvalue weighted by Gasteiger charge is 2.24. The van der Waals surface area contributed by atoms with Crippen molar-refractivity contribution in [3.8, 4) is 0 Å². The van der Waals surface area contributed by atoms with Gasteiger partial charge < -0.3 is 5.11 Å². The van der Waals surface area contributed by atoms with Gasteiger partial charge in [-0.3, -0.25) is 4.72 Å². The summed E-state index contributed by atoms with van der Waals surface area (Å²) in [6.45, 7) is 1.62. The molecule has 0 atom stereocenters. The summed E-state index contributed by atoms with van der Waals surface area (Å²) in [6, 6.07) is 4.93. The highest BCUT2D eigenvalue weighted by atomic mass is 32.2. The van der Waals surface area contributed by atoms with Crippen molar-refractivity contribution in [3.63, 3.8) is 0 Å². The Morgan fingerprint density at radius 3 is 2.65 bits per heavy atom. The zero-order chi connectivity index (χ0) is 14.9. The van der Waals surface area contributed by atoms with E-state index in [2.05, 4.69) is 4.72 Å². The number of thiophene rings is 1. The third kappa shape index (κ3) is 2.97. The van der Waals surface area contributed by atoms with Crippen molar-refractivity contribution in [1.29, 1.82) is 0 Å². The maximum atomic E-state index is 13.2. The molecule has 0 radical (unpaired) electrons. The summed E-state index contributed by atoms with van der Waals surface area (Å²) in [6.07, 6.45) is 0. The number of sulfonamides is 1. The number of benzene rings is 1. The van der Waals surface area contributed by atoms with Gasteiger partial charge in [-0.25, -0.2) is 17.6 Å². The Bertz CT molecular complexity index is 747. The van der Waals surface area contributed by atoms with Crippen LogP contribution in [0.4, 0.5) is 10.1 Å². The average Bonchev–Trinajstić information content (AvgIpc) is 2.75. The largest absolute Gasteiger partial charge is 0.477 e. The van der Waals surface area contributed by atoms with Crippen LogP contribution in [0.3, 0.4) is 0 Å². The molecule has 0 spiro atoms. The Kier molecular flexibility index (Phi) is 3.78. The quantitative estimate of drug-likeness (QED) is 0.908. The number of halogens is 1. The Morgan fingerprint density at radius 2 is 2.05 bits per heavy atom. The van der Waals surface area contributed by atoms with Gasteiger partial charge in [0.1, 0.15) is 15.6 Å². The van der Waals surface area contributed by atoms with Gasteiger partial charge in [0.05, 0.1) is 5.69 Å². The molecule has 1 aromatic carbocycles. The number of rotatable bonds is 4. The molecule has 0 fully saturated rings. The van der Waals surface area contributed by atoms with Crippen LogP contribution in [-0.2, 0) is 10.0 Å². The van der Waals surface area contributed by atoms with Crippen LogP contribution in [0.15, 0.2) is 34.5 Å². The fraction of sp³-hybridized carbons (Fsp3) is 0.0833. The third-order valence-corrected chi connectivity index (χ3v) is 4.86. The van der Waals surface area contributed by atoms with E-state index < -0.39 is 21.8 Å². The zero-order valence-electron chi connectivity index (χ0n) is 10.3. The highest BCUT2D eigenvalue weighted by Crippen LogP contribution is 2.25. The maximum absolute atomic E-state index is 13.2. The van der Waals surface area contributed by atoms with Gasteiger partial charge in [0.15, 0.2) is 0 Å². The fourth-order valence-electron chi connectivity index (χ4n) is 1.67. The molecule has 106 valence electrons. The molecule has 2 rings (SSSR count). The molecule has 0 aliphatic rings. The van der Waals surface area contributed by atoms with Gasteiger partial charge in [0, 0.05) is 0 Å². The number of carboxylic acids is 1. The maximum Gasteiger partial charge on any atom is 0.347 e. The summed E-state index contributed by atoms with van der Waals surface area (Å²) in [5.74, 6) is -1.90. The molecule has 2 N–H and O–H groups in total. The summed E-state index contributed by atoms with van der Waals surface area (Å²) in [5.41, 5.74) is 0.594. The molecule has 0 amide bonds. The van der Waals surface area contributed by atoms with Crippen LogP contribution in [0, 0.1) is 12.7 Å². The van der Waals surface area contributed by atoms with Crippen molar-refractivity contribution in [2.75, 3.05) is 4.72 Å². The second-order valence-electron chi connectivity index (χ2n) is 4.04. The summed E-state index contributed by atoms with van der Waals surface area (Å²) in [7, 11) is -4.07. The van der Waals surface area contributed by atoms with E-state index in [1.165, 1.54) is 23.6 Å². The van der Waals surface area contributed by atoms with Crippen LogP contribution in [0.5, 0.6) is 0 Å². The second-order valence-corrected chi connectivity index (χ2v) is 6.61. The van der Waals surface area contributed by atoms with Crippen LogP contribution in [0.2, 0.25) is 0 Å². The first-order valence-electron chi connectivity index (χ1n) is 5.40. The average molecular weight is 315 g/mol. The van der Waals surface area contributed by atoms with Crippen molar-refractivity contribution >= 4 is 33.0 Å². The summed E-state index contributed by atoms with van der Waals surface area (Å²) in [5, 5.41) is 10.3. The van der Waals surface area contributed by atoms with Crippen molar-refractivity contribution < 1.29 is 22.7 Å². The van der Waals surface area contributed by atoms with Gasteiger partial charge in [-0.05, 0) is 42.1 Å². The van der Waals surface area contributed by atoms with E-state index >= 15 is 0 Å². The summed E-state index contributed by atoms with van der Waals surface area (Å²) in [4.78, 5) is 10.3. The molecule has 1 aromatic heterocycles. The van der Waals surface area contributed by atoms with E-state index in [0.29, 0.717) is 5.56 Å². The third-order valence-electron chi connectivity index (χ3n) is 2.41. The molecule has 5 nitrogen and oxygen atoms in total. The predicted molar refractivity (Wildman–Crippen MR) is 73.2 cm³/mol.